The van der Waals surface area contributed by atoms with Gasteiger partial charge in [0.1, 0.15) is 5.70 Å². The summed E-state index contributed by atoms with van der Waals surface area (Å²) in [5, 5.41) is 1.97. The van der Waals surface area contributed by atoms with Gasteiger partial charge in [0, 0.05) is 43.3 Å². The van der Waals surface area contributed by atoms with Crippen LogP contribution in [0.1, 0.15) is 37.5 Å². The minimum Gasteiger partial charge on any atom is -0.368 e. The van der Waals surface area contributed by atoms with E-state index in [0.29, 0.717) is 17.8 Å². The molecule has 1 aromatic carbocycles. The van der Waals surface area contributed by atoms with Crippen molar-refractivity contribution in [3.05, 3.63) is 58.4 Å². The summed E-state index contributed by atoms with van der Waals surface area (Å²) in [5.74, 6) is -0.243. The summed E-state index contributed by atoms with van der Waals surface area (Å²) in [6, 6.07) is 14.3. The van der Waals surface area contributed by atoms with Crippen molar-refractivity contribution in [3.8, 4) is 0 Å². The highest BCUT2D eigenvalue weighted by atomic mass is 32.1. The fourth-order valence-electron chi connectivity index (χ4n) is 4.23. The van der Waals surface area contributed by atoms with Crippen LogP contribution in [0.4, 0.5) is 5.69 Å². The van der Waals surface area contributed by atoms with Gasteiger partial charge in [-0.15, -0.1) is 11.3 Å². The average Bonchev–Trinajstić information content (AvgIpc) is 3.39. The monoisotopic (exact) mass is 423 g/mol. The first-order valence-electron chi connectivity index (χ1n) is 10.9. The molecule has 0 N–H and O–H groups in total. The van der Waals surface area contributed by atoms with Crippen molar-refractivity contribution in [1.29, 1.82) is 0 Å². The first-order chi connectivity index (χ1) is 14.7. The lowest BCUT2D eigenvalue weighted by atomic mass is 10.1. The summed E-state index contributed by atoms with van der Waals surface area (Å²) in [4.78, 5) is 33.4. The molecule has 2 aromatic rings. The van der Waals surface area contributed by atoms with E-state index < -0.39 is 0 Å². The molecule has 2 amide bonds. The largest absolute Gasteiger partial charge is 0.368 e. The molecule has 5 nitrogen and oxygen atoms in total. The van der Waals surface area contributed by atoms with Gasteiger partial charge in [-0.25, -0.2) is 0 Å². The van der Waals surface area contributed by atoms with Crippen LogP contribution in [0.2, 0.25) is 0 Å². The number of para-hydroxylation sites is 1. The van der Waals surface area contributed by atoms with Gasteiger partial charge in [0.25, 0.3) is 11.8 Å². The summed E-state index contributed by atoms with van der Waals surface area (Å²) in [6.45, 7) is 5.83. The van der Waals surface area contributed by atoms with Crippen LogP contribution in [-0.2, 0) is 9.59 Å². The number of imide groups is 1. The molecule has 0 bridgehead atoms. The zero-order chi connectivity index (χ0) is 20.9. The first-order valence-corrected chi connectivity index (χ1v) is 11.8. The van der Waals surface area contributed by atoms with E-state index in [1.165, 1.54) is 21.9 Å². The number of piperazine rings is 1. The number of hydrogen-bond acceptors (Lipinski definition) is 5. The van der Waals surface area contributed by atoms with Crippen molar-refractivity contribution in [3.63, 3.8) is 0 Å². The predicted octanol–water partition coefficient (Wildman–Crippen LogP) is 4.23. The van der Waals surface area contributed by atoms with E-state index in [2.05, 4.69) is 41.0 Å². The maximum atomic E-state index is 13.3. The van der Waals surface area contributed by atoms with Crippen LogP contribution in [0.25, 0.3) is 5.57 Å². The topological polar surface area (TPSA) is 43.9 Å². The Bertz CT molecular complexity index is 900. The molecular formula is C24H29N3O2S. The second kappa shape index (κ2) is 9.47. The SMILES string of the molecule is CCCCCCN1C(=O)C(c2cccs2)=C(N2CCN(c3ccccc3)CC2)C1=O. The highest BCUT2D eigenvalue weighted by Gasteiger charge is 2.42. The van der Waals surface area contributed by atoms with Crippen LogP contribution < -0.4 is 4.90 Å². The third-order valence-electron chi connectivity index (χ3n) is 5.86. The smallest absolute Gasteiger partial charge is 0.277 e. The van der Waals surface area contributed by atoms with E-state index >= 15 is 0 Å². The highest BCUT2D eigenvalue weighted by molar-refractivity contribution is 7.11. The molecule has 30 heavy (non-hydrogen) atoms. The molecular weight excluding hydrogens is 394 g/mol. The van der Waals surface area contributed by atoms with Gasteiger partial charge in [-0.1, -0.05) is 50.5 Å². The number of carbonyl (C=O) groups is 2. The standard InChI is InChI=1S/C24H29N3O2S/c1-2-3-4-8-13-27-23(28)21(20-12-9-18-30-20)22(24(27)29)26-16-14-25(15-17-26)19-10-6-5-7-11-19/h5-7,9-12,18H,2-4,8,13-17H2,1H3. The number of anilines is 1. The van der Waals surface area contributed by atoms with E-state index in [0.717, 1.165) is 56.7 Å². The van der Waals surface area contributed by atoms with Crippen molar-refractivity contribution in [2.24, 2.45) is 0 Å². The van der Waals surface area contributed by atoms with Crippen molar-refractivity contribution in [1.82, 2.24) is 9.80 Å². The third-order valence-corrected chi connectivity index (χ3v) is 6.75. The zero-order valence-corrected chi connectivity index (χ0v) is 18.4. The summed E-state index contributed by atoms with van der Waals surface area (Å²) in [6.07, 6.45) is 4.19. The van der Waals surface area contributed by atoms with E-state index in [-0.39, 0.29) is 11.8 Å². The quantitative estimate of drug-likeness (QED) is 0.471. The zero-order valence-electron chi connectivity index (χ0n) is 17.5. The third kappa shape index (κ3) is 4.15. The van der Waals surface area contributed by atoms with Gasteiger partial charge < -0.3 is 9.80 Å². The van der Waals surface area contributed by atoms with Crippen LogP contribution in [0.3, 0.4) is 0 Å². The Morgan fingerprint density at radius 2 is 1.57 bits per heavy atom. The van der Waals surface area contributed by atoms with Crippen LogP contribution in [0, 0.1) is 0 Å². The fourth-order valence-corrected chi connectivity index (χ4v) is 4.99. The molecule has 0 saturated carbocycles. The highest BCUT2D eigenvalue weighted by Crippen LogP contribution is 2.34. The molecule has 1 aromatic heterocycles. The number of amides is 2. The van der Waals surface area contributed by atoms with Gasteiger partial charge in [0.05, 0.1) is 5.57 Å². The maximum Gasteiger partial charge on any atom is 0.277 e. The second-order valence-corrected chi connectivity index (χ2v) is 8.78. The molecule has 1 fully saturated rings. The predicted molar refractivity (Wildman–Crippen MR) is 122 cm³/mol. The number of thiophene rings is 1. The Hall–Kier alpha value is -2.60. The Morgan fingerprint density at radius 3 is 2.23 bits per heavy atom. The number of carbonyl (C=O) groups excluding carboxylic acids is 2. The molecule has 0 radical (unpaired) electrons. The van der Waals surface area contributed by atoms with Gasteiger partial charge in [-0.2, -0.15) is 0 Å². The normalized spacial score (nSPS) is 17.4. The van der Waals surface area contributed by atoms with Crippen molar-refractivity contribution >= 4 is 34.4 Å². The van der Waals surface area contributed by atoms with E-state index in [1.54, 1.807) is 0 Å². The van der Waals surface area contributed by atoms with Gasteiger partial charge in [-0.3, -0.25) is 14.5 Å². The van der Waals surface area contributed by atoms with Gasteiger partial charge in [0.2, 0.25) is 0 Å². The molecule has 6 heteroatoms. The molecule has 2 aliphatic rings. The summed E-state index contributed by atoms with van der Waals surface area (Å²) in [7, 11) is 0. The second-order valence-electron chi connectivity index (χ2n) is 7.83. The Labute approximate surface area is 182 Å². The Balaban J connectivity index is 1.53. The van der Waals surface area contributed by atoms with Crippen molar-refractivity contribution in [2.75, 3.05) is 37.6 Å². The number of benzene rings is 1. The van der Waals surface area contributed by atoms with Crippen molar-refractivity contribution in [2.45, 2.75) is 32.6 Å². The fraction of sp³-hybridized carbons (Fsp3) is 0.417. The molecule has 3 heterocycles. The number of nitrogens with zero attached hydrogens (tertiary/aromatic N) is 3. The molecule has 158 valence electrons. The van der Waals surface area contributed by atoms with E-state index in [4.69, 9.17) is 0 Å². The summed E-state index contributed by atoms with van der Waals surface area (Å²) < 4.78 is 0. The number of hydrogen-bond donors (Lipinski definition) is 0. The molecule has 0 aliphatic carbocycles. The lowest BCUT2D eigenvalue weighted by Crippen LogP contribution is -2.47. The van der Waals surface area contributed by atoms with Crippen LogP contribution in [-0.4, -0.2) is 54.3 Å². The lowest BCUT2D eigenvalue weighted by molar-refractivity contribution is -0.137. The van der Waals surface area contributed by atoms with Gasteiger partial charge >= 0.3 is 0 Å². The molecule has 2 aliphatic heterocycles. The molecule has 0 unspecified atom stereocenters. The minimum absolute atomic E-state index is 0.118. The molecule has 0 atom stereocenters. The van der Waals surface area contributed by atoms with Crippen molar-refractivity contribution < 1.29 is 9.59 Å². The lowest BCUT2D eigenvalue weighted by Gasteiger charge is -2.37. The van der Waals surface area contributed by atoms with Gasteiger partial charge in [0.15, 0.2) is 0 Å². The first kappa shape index (κ1) is 20.7. The molecule has 0 spiro atoms. The summed E-state index contributed by atoms with van der Waals surface area (Å²) >= 11 is 1.53. The molecule has 1 saturated heterocycles. The average molecular weight is 424 g/mol. The number of unbranched alkanes of at least 4 members (excludes halogenated alkanes) is 3. The summed E-state index contributed by atoms with van der Waals surface area (Å²) in [5.41, 5.74) is 2.40. The van der Waals surface area contributed by atoms with Crippen LogP contribution in [0.5, 0.6) is 0 Å². The van der Waals surface area contributed by atoms with Crippen LogP contribution in [0.15, 0.2) is 53.5 Å². The Morgan fingerprint density at radius 1 is 0.833 bits per heavy atom. The van der Waals surface area contributed by atoms with E-state index in [1.807, 2.05) is 23.6 Å². The van der Waals surface area contributed by atoms with Gasteiger partial charge in [-0.05, 0) is 30.0 Å². The minimum atomic E-state index is -0.126. The Kier molecular flexibility index (Phi) is 6.53. The molecule has 4 rings (SSSR count). The van der Waals surface area contributed by atoms with Crippen LogP contribution >= 0.6 is 11.3 Å². The van der Waals surface area contributed by atoms with E-state index in [9.17, 15) is 9.59 Å². The maximum absolute atomic E-state index is 13.3. The number of rotatable bonds is 8.